The molecule has 3 N–H and O–H groups in total. The average molecular weight is 188 g/mol. The van der Waals surface area contributed by atoms with Crippen LogP contribution in [0.3, 0.4) is 0 Å². The molecular weight excluding hydrogens is 164 g/mol. The Morgan fingerprint density at radius 1 is 1.23 bits per heavy atom. The molecule has 0 aromatic rings. The molecule has 3 heteroatoms. The van der Waals surface area contributed by atoms with Gasteiger partial charge in [-0.2, -0.15) is 0 Å². The normalized spacial score (nSPS) is 12.5. The zero-order chi connectivity index (χ0) is 10.3. The van der Waals surface area contributed by atoms with Gasteiger partial charge >= 0.3 is 0 Å². The van der Waals surface area contributed by atoms with E-state index in [4.69, 9.17) is 5.11 Å². The van der Waals surface area contributed by atoms with Gasteiger partial charge in [0, 0.05) is 18.1 Å². The fourth-order valence-electron chi connectivity index (χ4n) is 1.16. The van der Waals surface area contributed by atoms with Crippen LogP contribution in [-0.2, 0) is 0 Å². The molecule has 0 radical (unpaired) electrons. The summed E-state index contributed by atoms with van der Waals surface area (Å²) < 4.78 is 0. The summed E-state index contributed by atoms with van der Waals surface area (Å²) in [5, 5.41) is 15.3. The minimum absolute atomic E-state index is 0.116. The molecule has 0 saturated heterocycles. The summed E-state index contributed by atoms with van der Waals surface area (Å²) in [5.41, 5.74) is 0.116. The molecule has 0 saturated carbocycles. The van der Waals surface area contributed by atoms with Crippen LogP contribution in [0.25, 0.3) is 0 Å². The van der Waals surface area contributed by atoms with Gasteiger partial charge in [-0.3, -0.25) is 0 Å². The van der Waals surface area contributed by atoms with Crippen LogP contribution in [0.5, 0.6) is 0 Å². The molecule has 0 heterocycles. The largest absolute Gasteiger partial charge is 0.395 e. The molecule has 0 rings (SSSR count). The van der Waals surface area contributed by atoms with Crippen molar-refractivity contribution < 1.29 is 5.11 Å². The molecule has 0 aliphatic heterocycles. The second kappa shape index (κ2) is 6.35. The summed E-state index contributed by atoms with van der Waals surface area (Å²) in [6, 6.07) is 0.550. The topological polar surface area (TPSA) is 44.3 Å². The van der Waals surface area contributed by atoms with Crippen LogP contribution < -0.4 is 10.6 Å². The first kappa shape index (κ1) is 12.9. The summed E-state index contributed by atoms with van der Waals surface area (Å²) in [6.45, 7) is 10.5. The van der Waals surface area contributed by atoms with Crippen molar-refractivity contribution in [1.82, 2.24) is 10.6 Å². The quantitative estimate of drug-likeness (QED) is 0.552. The lowest BCUT2D eigenvalue weighted by atomic mass is 10.0. The highest BCUT2D eigenvalue weighted by Crippen LogP contribution is 2.06. The van der Waals surface area contributed by atoms with E-state index in [-0.39, 0.29) is 12.1 Å². The molecule has 0 aromatic heterocycles. The van der Waals surface area contributed by atoms with Crippen molar-refractivity contribution in [1.29, 1.82) is 0 Å². The van der Waals surface area contributed by atoms with Gasteiger partial charge in [0.25, 0.3) is 0 Å². The molecule has 13 heavy (non-hydrogen) atoms. The van der Waals surface area contributed by atoms with E-state index in [2.05, 4.69) is 38.3 Å². The summed E-state index contributed by atoms with van der Waals surface area (Å²) in [6.07, 6.45) is 1.07. The first-order valence-corrected chi connectivity index (χ1v) is 5.07. The van der Waals surface area contributed by atoms with Gasteiger partial charge in [0.15, 0.2) is 0 Å². The van der Waals surface area contributed by atoms with Gasteiger partial charge in [-0.1, -0.05) is 13.8 Å². The Bertz CT molecular complexity index is 124. The average Bonchev–Trinajstić information content (AvgIpc) is 2.00. The number of hydrogen-bond acceptors (Lipinski definition) is 3. The first-order valence-electron chi connectivity index (χ1n) is 5.07. The molecule has 0 aliphatic carbocycles. The smallest absolute Gasteiger partial charge is 0.0556 e. The zero-order valence-electron chi connectivity index (χ0n) is 9.35. The first-order chi connectivity index (χ1) is 5.98. The van der Waals surface area contributed by atoms with Crippen molar-refractivity contribution in [2.45, 2.75) is 45.7 Å². The monoisotopic (exact) mass is 188 g/mol. The van der Waals surface area contributed by atoms with E-state index in [1.54, 1.807) is 0 Å². The molecule has 0 fully saturated rings. The number of rotatable bonds is 7. The predicted octanol–water partition coefficient (Wildman–Crippen LogP) is 0.735. The van der Waals surface area contributed by atoms with Gasteiger partial charge in [0.2, 0.25) is 0 Å². The minimum atomic E-state index is 0.116. The highest BCUT2D eigenvalue weighted by Gasteiger charge is 2.15. The van der Waals surface area contributed by atoms with Gasteiger partial charge < -0.3 is 15.7 Å². The van der Waals surface area contributed by atoms with Gasteiger partial charge in [0.1, 0.15) is 0 Å². The van der Waals surface area contributed by atoms with Crippen LogP contribution in [-0.4, -0.2) is 36.4 Å². The van der Waals surface area contributed by atoms with Crippen molar-refractivity contribution in [3.05, 3.63) is 0 Å². The molecule has 0 atom stereocenters. The number of aliphatic hydroxyl groups is 1. The Balaban J connectivity index is 3.50. The third kappa shape index (κ3) is 8.22. The van der Waals surface area contributed by atoms with Crippen LogP contribution in [0.1, 0.15) is 34.1 Å². The van der Waals surface area contributed by atoms with Gasteiger partial charge in [-0.25, -0.2) is 0 Å². The molecule has 0 aromatic carbocycles. The Morgan fingerprint density at radius 2 is 1.85 bits per heavy atom. The summed E-state index contributed by atoms with van der Waals surface area (Å²) in [7, 11) is 0. The second-order valence-electron chi connectivity index (χ2n) is 4.39. The number of hydrogen-bond donors (Lipinski definition) is 3. The van der Waals surface area contributed by atoms with Crippen LogP contribution in [0.15, 0.2) is 0 Å². The fourth-order valence-corrected chi connectivity index (χ4v) is 1.16. The summed E-state index contributed by atoms with van der Waals surface area (Å²) in [5.74, 6) is 0. The fraction of sp³-hybridized carbons (Fsp3) is 1.00. The minimum Gasteiger partial charge on any atom is -0.395 e. The maximum absolute atomic E-state index is 8.67. The van der Waals surface area contributed by atoms with Crippen molar-refractivity contribution in [2.24, 2.45) is 0 Å². The SMILES string of the molecule is CC(C)NCCC(C)(C)NCCO. The highest BCUT2D eigenvalue weighted by atomic mass is 16.3. The van der Waals surface area contributed by atoms with E-state index >= 15 is 0 Å². The third-order valence-electron chi connectivity index (χ3n) is 2.02. The van der Waals surface area contributed by atoms with E-state index < -0.39 is 0 Å². The van der Waals surface area contributed by atoms with E-state index in [0.29, 0.717) is 12.6 Å². The van der Waals surface area contributed by atoms with E-state index in [1.165, 1.54) is 0 Å². The van der Waals surface area contributed by atoms with Crippen molar-refractivity contribution >= 4 is 0 Å². The van der Waals surface area contributed by atoms with Gasteiger partial charge in [-0.15, -0.1) is 0 Å². The number of nitrogens with one attached hydrogen (secondary N) is 2. The molecule has 0 spiro atoms. The van der Waals surface area contributed by atoms with Gasteiger partial charge in [-0.05, 0) is 26.8 Å². The predicted molar refractivity (Wildman–Crippen MR) is 56.9 cm³/mol. The van der Waals surface area contributed by atoms with Crippen molar-refractivity contribution in [3.8, 4) is 0 Å². The Labute approximate surface area is 81.9 Å². The van der Waals surface area contributed by atoms with Crippen molar-refractivity contribution in [2.75, 3.05) is 19.7 Å². The lowest BCUT2D eigenvalue weighted by molar-refractivity contribution is 0.259. The Kier molecular flexibility index (Phi) is 6.29. The zero-order valence-corrected chi connectivity index (χ0v) is 9.35. The van der Waals surface area contributed by atoms with Crippen LogP contribution in [0, 0.1) is 0 Å². The molecular formula is C10H24N2O. The Hall–Kier alpha value is -0.120. The molecule has 0 amide bonds. The lowest BCUT2D eigenvalue weighted by Gasteiger charge is -2.26. The highest BCUT2D eigenvalue weighted by molar-refractivity contribution is 4.78. The van der Waals surface area contributed by atoms with Crippen LogP contribution >= 0.6 is 0 Å². The van der Waals surface area contributed by atoms with Crippen LogP contribution in [0.4, 0.5) is 0 Å². The number of β-amino-alcohol motifs (C(OH)–C–C–N with tert-alkyl or cyclic N) is 1. The van der Waals surface area contributed by atoms with E-state index in [0.717, 1.165) is 13.0 Å². The maximum Gasteiger partial charge on any atom is 0.0556 e. The van der Waals surface area contributed by atoms with E-state index in [1.807, 2.05) is 0 Å². The van der Waals surface area contributed by atoms with Gasteiger partial charge in [0.05, 0.1) is 6.61 Å². The lowest BCUT2D eigenvalue weighted by Crippen LogP contribution is -2.43. The standard InChI is InChI=1S/C10H24N2O/c1-9(2)11-6-5-10(3,4)12-7-8-13/h9,11-13H,5-8H2,1-4H3. The molecule has 3 nitrogen and oxygen atoms in total. The second-order valence-corrected chi connectivity index (χ2v) is 4.39. The Morgan fingerprint density at radius 3 is 2.31 bits per heavy atom. The number of aliphatic hydroxyl groups excluding tert-OH is 1. The third-order valence-corrected chi connectivity index (χ3v) is 2.02. The molecule has 0 unspecified atom stereocenters. The van der Waals surface area contributed by atoms with Crippen LogP contribution in [0.2, 0.25) is 0 Å². The molecule has 0 aliphatic rings. The maximum atomic E-state index is 8.67. The molecule has 0 bridgehead atoms. The summed E-state index contributed by atoms with van der Waals surface area (Å²) >= 11 is 0. The van der Waals surface area contributed by atoms with Crippen molar-refractivity contribution in [3.63, 3.8) is 0 Å². The summed E-state index contributed by atoms with van der Waals surface area (Å²) in [4.78, 5) is 0. The molecule has 80 valence electrons. The van der Waals surface area contributed by atoms with E-state index in [9.17, 15) is 0 Å².